The average Bonchev–Trinajstić information content (AvgIpc) is 2.57. The normalized spacial score (nSPS) is 19.4. The molecule has 0 aliphatic carbocycles. The Morgan fingerprint density at radius 3 is 2.68 bits per heavy atom. The Morgan fingerprint density at radius 1 is 1.41 bits per heavy atom. The van der Waals surface area contributed by atoms with E-state index in [0.717, 1.165) is 5.75 Å². The van der Waals surface area contributed by atoms with Crippen molar-refractivity contribution in [3.63, 3.8) is 0 Å². The molecular weight excluding hydrogens is 308 g/mol. The predicted octanol–water partition coefficient (Wildman–Crippen LogP) is 1.02. The quantitative estimate of drug-likeness (QED) is 0.774. The van der Waals surface area contributed by atoms with Gasteiger partial charge in [0.1, 0.15) is 11.6 Å². The van der Waals surface area contributed by atoms with Crippen molar-refractivity contribution < 1.29 is 23.9 Å². The summed E-state index contributed by atoms with van der Waals surface area (Å²) in [6.45, 7) is 6.13. The first-order valence-corrected chi connectivity index (χ1v) is 8.31. The highest BCUT2D eigenvalue weighted by Crippen LogP contribution is 2.14. The standard InChI is InChI=1S/C14H24N2O5S/c1-14(2,3)21-13(19)15-10-9-22-8-7-16(12(10)18)6-5-11(17)20-4/h10H,5-9H2,1-4H3,(H,15,19). The number of ether oxygens (including phenoxy) is 2. The average molecular weight is 332 g/mol. The zero-order valence-electron chi connectivity index (χ0n) is 13.5. The number of amides is 2. The summed E-state index contributed by atoms with van der Waals surface area (Å²) >= 11 is 1.58. The highest BCUT2D eigenvalue weighted by Gasteiger charge is 2.30. The van der Waals surface area contributed by atoms with Gasteiger partial charge in [-0.3, -0.25) is 9.59 Å². The number of alkyl carbamates (subject to hydrolysis) is 1. The molecule has 1 unspecified atom stereocenters. The summed E-state index contributed by atoms with van der Waals surface area (Å²) in [5.41, 5.74) is -0.616. The Bertz CT molecular complexity index is 422. The first-order valence-electron chi connectivity index (χ1n) is 7.16. The van der Waals surface area contributed by atoms with E-state index in [9.17, 15) is 14.4 Å². The van der Waals surface area contributed by atoms with Gasteiger partial charge in [0, 0.05) is 24.6 Å². The Labute approximate surface area is 135 Å². The lowest BCUT2D eigenvalue weighted by Crippen LogP contribution is -2.50. The fourth-order valence-corrected chi connectivity index (χ4v) is 2.86. The fourth-order valence-electron chi connectivity index (χ4n) is 1.88. The zero-order valence-corrected chi connectivity index (χ0v) is 14.3. The third-order valence-electron chi connectivity index (χ3n) is 2.90. The lowest BCUT2D eigenvalue weighted by Gasteiger charge is -2.25. The maximum absolute atomic E-state index is 12.4. The van der Waals surface area contributed by atoms with Crippen LogP contribution in [0.4, 0.5) is 4.79 Å². The molecule has 1 atom stereocenters. The van der Waals surface area contributed by atoms with Crippen molar-refractivity contribution in [3.8, 4) is 0 Å². The molecule has 1 fully saturated rings. The fraction of sp³-hybridized carbons (Fsp3) is 0.786. The summed E-state index contributed by atoms with van der Waals surface area (Å²) in [4.78, 5) is 37.0. The molecule has 8 heteroatoms. The highest BCUT2D eigenvalue weighted by molar-refractivity contribution is 7.99. The van der Waals surface area contributed by atoms with Crippen molar-refractivity contribution in [1.82, 2.24) is 10.2 Å². The molecule has 0 bridgehead atoms. The molecule has 1 rings (SSSR count). The molecule has 0 saturated carbocycles. The van der Waals surface area contributed by atoms with Crippen LogP contribution < -0.4 is 5.32 Å². The number of esters is 1. The second kappa shape index (κ2) is 8.26. The molecule has 0 aromatic rings. The van der Waals surface area contributed by atoms with E-state index in [4.69, 9.17) is 4.74 Å². The van der Waals surface area contributed by atoms with Crippen molar-refractivity contribution in [2.75, 3.05) is 31.7 Å². The van der Waals surface area contributed by atoms with Gasteiger partial charge in [0.05, 0.1) is 13.5 Å². The summed E-state index contributed by atoms with van der Waals surface area (Å²) in [6.07, 6.45) is -0.465. The van der Waals surface area contributed by atoms with Crippen LogP contribution in [0.1, 0.15) is 27.2 Å². The molecular formula is C14H24N2O5S. The van der Waals surface area contributed by atoms with E-state index in [2.05, 4.69) is 10.1 Å². The van der Waals surface area contributed by atoms with E-state index >= 15 is 0 Å². The van der Waals surface area contributed by atoms with Crippen molar-refractivity contribution in [2.24, 2.45) is 0 Å². The smallest absolute Gasteiger partial charge is 0.408 e. The van der Waals surface area contributed by atoms with Gasteiger partial charge in [0.25, 0.3) is 0 Å². The molecule has 2 amide bonds. The number of methoxy groups -OCH3 is 1. The van der Waals surface area contributed by atoms with Crippen LogP contribution in [0.3, 0.4) is 0 Å². The minimum atomic E-state index is -0.639. The maximum Gasteiger partial charge on any atom is 0.408 e. The summed E-state index contributed by atoms with van der Waals surface area (Å²) < 4.78 is 9.76. The van der Waals surface area contributed by atoms with Gasteiger partial charge in [-0.25, -0.2) is 4.79 Å². The minimum absolute atomic E-state index is 0.145. The molecule has 1 N–H and O–H groups in total. The van der Waals surface area contributed by atoms with Gasteiger partial charge in [-0.05, 0) is 20.8 Å². The summed E-state index contributed by atoms with van der Waals surface area (Å²) in [7, 11) is 1.31. The molecule has 7 nitrogen and oxygen atoms in total. The number of rotatable bonds is 4. The number of hydrogen-bond donors (Lipinski definition) is 1. The highest BCUT2D eigenvalue weighted by atomic mass is 32.2. The van der Waals surface area contributed by atoms with Crippen LogP contribution in [0.15, 0.2) is 0 Å². The van der Waals surface area contributed by atoms with Crippen molar-refractivity contribution in [2.45, 2.75) is 38.8 Å². The van der Waals surface area contributed by atoms with Gasteiger partial charge in [0.2, 0.25) is 5.91 Å². The molecule has 1 aliphatic heterocycles. The summed E-state index contributed by atoms with van der Waals surface area (Å²) in [5, 5.41) is 2.61. The minimum Gasteiger partial charge on any atom is -0.469 e. The summed E-state index contributed by atoms with van der Waals surface area (Å²) in [5.74, 6) is 0.702. The number of nitrogens with one attached hydrogen (secondary N) is 1. The number of hydrogen-bond acceptors (Lipinski definition) is 6. The molecule has 126 valence electrons. The van der Waals surface area contributed by atoms with Crippen LogP contribution in [0.2, 0.25) is 0 Å². The number of carbonyl (C=O) groups is 3. The van der Waals surface area contributed by atoms with E-state index in [0.29, 0.717) is 18.8 Å². The monoisotopic (exact) mass is 332 g/mol. The SMILES string of the molecule is COC(=O)CCN1CCSCC(NC(=O)OC(C)(C)C)C1=O. The molecule has 0 aromatic carbocycles. The largest absolute Gasteiger partial charge is 0.469 e. The number of thioether (sulfide) groups is 1. The molecule has 1 heterocycles. The van der Waals surface area contributed by atoms with Crippen molar-refractivity contribution in [1.29, 1.82) is 0 Å². The topological polar surface area (TPSA) is 84.9 Å². The Morgan fingerprint density at radius 2 is 2.09 bits per heavy atom. The predicted molar refractivity (Wildman–Crippen MR) is 83.7 cm³/mol. The second-order valence-corrected chi connectivity index (χ2v) is 7.07. The first kappa shape index (κ1) is 18.6. The van der Waals surface area contributed by atoms with Crippen LogP contribution in [0.25, 0.3) is 0 Å². The van der Waals surface area contributed by atoms with Crippen molar-refractivity contribution >= 4 is 29.7 Å². The lowest BCUT2D eigenvalue weighted by molar-refractivity contribution is -0.142. The van der Waals surface area contributed by atoms with Crippen molar-refractivity contribution in [3.05, 3.63) is 0 Å². The zero-order chi connectivity index (χ0) is 16.8. The van der Waals surface area contributed by atoms with Crippen LogP contribution in [0.5, 0.6) is 0 Å². The third-order valence-corrected chi connectivity index (χ3v) is 3.94. The van der Waals surface area contributed by atoms with Crippen LogP contribution >= 0.6 is 11.8 Å². The number of carbonyl (C=O) groups excluding carboxylic acids is 3. The van der Waals surface area contributed by atoms with Gasteiger partial charge in [-0.2, -0.15) is 11.8 Å². The van der Waals surface area contributed by atoms with E-state index in [1.54, 1.807) is 37.4 Å². The first-order chi connectivity index (χ1) is 10.2. The Hall–Kier alpha value is -1.44. The Balaban J connectivity index is 2.60. The van der Waals surface area contributed by atoms with Crippen LogP contribution in [-0.2, 0) is 19.1 Å². The van der Waals surface area contributed by atoms with Gasteiger partial charge in [-0.15, -0.1) is 0 Å². The molecule has 1 saturated heterocycles. The second-order valence-electron chi connectivity index (χ2n) is 5.93. The van der Waals surface area contributed by atoms with Gasteiger partial charge in [0.15, 0.2) is 0 Å². The molecule has 22 heavy (non-hydrogen) atoms. The maximum atomic E-state index is 12.4. The Kier molecular flexibility index (Phi) is 6.99. The van der Waals surface area contributed by atoms with Gasteiger partial charge < -0.3 is 19.7 Å². The van der Waals surface area contributed by atoms with Crippen LogP contribution in [-0.4, -0.2) is 66.2 Å². The third kappa shape index (κ3) is 6.55. The van der Waals surface area contributed by atoms with E-state index < -0.39 is 17.7 Å². The molecule has 0 spiro atoms. The van der Waals surface area contributed by atoms with Gasteiger partial charge in [-0.1, -0.05) is 0 Å². The van der Waals surface area contributed by atoms with Crippen LogP contribution in [0, 0.1) is 0 Å². The molecule has 0 aromatic heterocycles. The van der Waals surface area contributed by atoms with Gasteiger partial charge >= 0.3 is 12.1 Å². The molecule has 1 aliphatic rings. The summed E-state index contributed by atoms with van der Waals surface area (Å²) in [6, 6.07) is -0.639. The van der Waals surface area contributed by atoms with E-state index in [1.165, 1.54) is 7.11 Å². The number of nitrogens with zero attached hydrogens (tertiary/aromatic N) is 1. The van der Waals surface area contributed by atoms with E-state index in [-0.39, 0.29) is 18.3 Å². The molecule has 0 radical (unpaired) electrons. The van der Waals surface area contributed by atoms with E-state index in [1.807, 2.05) is 0 Å². The lowest BCUT2D eigenvalue weighted by atomic mass is 10.2.